The molecule has 0 aromatic heterocycles. The maximum atomic E-state index is 9.69. The summed E-state index contributed by atoms with van der Waals surface area (Å²) in [5.41, 5.74) is 1.05. The average Bonchev–Trinajstić information content (AvgIpc) is 2.15. The minimum Gasteiger partial charge on any atom is -0.453 e. The zero-order valence-corrected chi connectivity index (χ0v) is 8.45. The number of hydrogen-bond donors (Lipinski definition) is 0. The summed E-state index contributed by atoms with van der Waals surface area (Å²) in [6, 6.07) is 7.80. The SMILES string of the molecule is O=[C]OCC=Cc1ccccc1Br. The smallest absolute Gasteiger partial charge is 0.417 e. The lowest BCUT2D eigenvalue weighted by Gasteiger charge is -1.95. The van der Waals surface area contributed by atoms with Crippen molar-refractivity contribution in [3.05, 3.63) is 40.4 Å². The molecule has 1 aromatic rings. The van der Waals surface area contributed by atoms with Crippen molar-refractivity contribution in [3.8, 4) is 0 Å². The quantitative estimate of drug-likeness (QED) is 0.756. The maximum absolute atomic E-state index is 9.69. The number of halogens is 1. The summed E-state index contributed by atoms with van der Waals surface area (Å²) >= 11 is 3.40. The maximum Gasteiger partial charge on any atom is 0.417 e. The van der Waals surface area contributed by atoms with E-state index < -0.39 is 0 Å². The molecule has 0 N–H and O–H groups in total. The molecular formula is C10H8BrO2. The van der Waals surface area contributed by atoms with Gasteiger partial charge in [-0.1, -0.05) is 40.2 Å². The van der Waals surface area contributed by atoms with Crippen molar-refractivity contribution in [1.82, 2.24) is 0 Å². The van der Waals surface area contributed by atoms with Gasteiger partial charge in [0, 0.05) is 4.47 Å². The third-order valence-electron chi connectivity index (χ3n) is 1.44. The molecule has 0 bridgehead atoms. The first kappa shape index (κ1) is 9.99. The molecule has 0 fully saturated rings. The number of rotatable bonds is 4. The van der Waals surface area contributed by atoms with Crippen molar-refractivity contribution in [3.63, 3.8) is 0 Å². The van der Waals surface area contributed by atoms with Crippen molar-refractivity contribution < 1.29 is 9.53 Å². The van der Waals surface area contributed by atoms with Crippen LogP contribution < -0.4 is 0 Å². The highest BCUT2D eigenvalue weighted by molar-refractivity contribution is 9.10. The second-order valence-electron chi connectivity index (χ2n) is 2.32. The van der Waals surface area contributed by atoms with E-state index in [1.165, 1.54) is 6.47 Å². The normalized spacial score (nSPS) is 10.2. The molecule has 67 valence electrons. The van der Waals surface area contributed by atoms with E-state index in [1.54, 1.807) is 6.08 Å². The van der Waals surface area contributed by atoms with Gasteiger partial charge in [0.2, 0.25) is 0 Å². The summed E-state index contributed by atoms with van der Waals surface area (Å²) in [5.74, 6) is 0. The van der Waals surface area contributed by atoms with Crippen LogP contribution in [0.4, 0.5) is 0 Å². The van der Waals surface area contributed by atoms with Gasteiger partial charge < -0.3 is 4.74 Å². The summed E-state index contributed by atoms with van der Waals surface area (Å²) in [6.45, 7) is 1.61. The van der Waals surface area contributed by atoms with Gasteiger partial charge in [0.05, 0.1) is 0 Å². The van der Waals surface area contributed by atoms with Crippen LogP contribution in [0.25, 0.3) is 6.08 Å². The van der Waals surface area contributed by atoms with Gasteiger partial charge >= 0.3 is 6.47 Å². The van der Waals surface area contributed by atoms with Crippen LogP contribution in [0, 0.1) is 0 Å². The number of benzene rings is 1. The Morgan fingerprint density at radius 3 is 2.92 bits per heavy atom. The summed E-state index contributed by atoms with van der Waals surface area (Å²) < 4.78 is 5.40. The highest BCUT2D eigenvalue weighted by atomic mass is 79.9. The van der Waals surface area contributed by atoms with E-state index in [-0.39, 0.29) is 6.61 Å². The van der Waals surface area contributed by atoms with Gasteiger partial charge in [0.25, 0.3) is 0 Å². The fraction of sp³-hybridized carbons (Fsp3) is 0.100. The van der Waals surface area contributed by atoms with Crippen LogP contribution in [0.5, 0.6) is 0 Å². The molecule has 0 saturated carbocycles. The third-order valence-corrected chi connectivity index (χ3v) is 2.16. The van der Waals surface area contributed by atoms with Gasteiger partial charge in [-0.2, -0.15) is 0 Å². The number of carbonyl (C=O) groups excluding carboxylic acids is 1. The molecule has 13 heavy (non-hydrogen) atoms. The van der Waals surface area contributed by atoms with Crippen molar-refractivity contribution in [2.45, 2.75) is 0 Å². The van der Waals surface area contributed by atoms with Crippen molar-refractivity contribution in [2.75, 3.05) is 6.61 Å². The van der Waals surface area contributed by atoms with E-state index in [0.717, 1.165) is 10.0 Å². The molecule has 2 nitrogen and oxygen atoms in total. The van der Waals surface area contributed by atoms with E-state index in [1.807, 2.05) is 30.3 Å². The molecule has 0 aliphatic heterocycles. The van der Waals surface area contributed by atoms with E-state index in [0.29, 0.717) is 0 Å². The molecule has 1 rings (SSSR count). The molecule has 0 unspecified atom stereocenters. The Morgan fingerprint density at radius 2 is 2.23 bits per heavy atom. The van der Waals surface area contributed by atoms with E-state index in [9.17, 15) is 4.79 Å². The number of hydrogen-bond acceptors (Lipinski definition) is 2. The van der Waals surface area contributed by atoms with Gasteiger partial charge in [-0.05, 0) is 17.7 Å². The fourth-order valence-electron chi connectivity index (χ4n) is 0.867. The topological polar surface area (TPSA) is 26.3 Å². The molecule has 0 atom stereocenters. The Balaban J connectivity index is 2.58. The van der Waals surface area contributed by atoms with Crippen molar-refractivity contribution in [2.24, 2.45) is 0 Å². The second-order valence-corrected chi connectivity index (χ2v) is 3.17. The Bertz CT molecular complexity index is 308. The van der Waals surface area contributed by atoms with Crippen LogP contribution in [-0.4, -0.2) is 13.1 Å². The summed E-state index contributed by atoms with van der Waals surface area (Å²) in [6.07, 6.45) is 3.63. The molecule has 0 heterocycles. The first-order chi connectivity index (χ1) is 6.34. The van der Waals surface area contributed by atoms with Gasteiger partial charge in [0.1, 0.15) is 6.61 Å². The third kappa shape index (κ3) is 3.42. The van der Waals surface area contributed by atoms with Gasteiger partial charge in [-0.3, -0.25) is 0 Å². The Morgan fingerprint density at radius 1 is 1.46 bits per heavy atom. The largest absolute Gasteiger partial charge is 0.453 e. The predicted molar refractivity (Wildman–Crippen MR) is 54.8 cm³/mol. The van der Waals surface area contributed by atoms with Gasteiger partial charge in [0.15, 0.2) is 0 Å². The van der Waals surface area contributed by atoms with Crippen LogP contribution in [0.3, 0.4) is 0 Å². The summed E-state index contributed by atoms with van der Waals surface area (Å²) in [5, 5.41) is 0. The first-order valence-corrected chi connectivity index (χ1v) is 4.54. The predicted octanol–water partition coefficient (Wildman–Crippen LogP) is 2.55. The van der Waals surface area contributed by atoms with Crippen LogP contribution in [-0.2, 0) is 9.53 Å². The van der Waals surface area contributed by atoms with Crippen molar-refractivity contribution in [1.29, 1.82) is 0 Å². The molecule has 0 aliphatic carbocycles. The number of ether oxygens (including phenoxy) is 1. The fourth-order valence-corrected chi connectivity index (χ4v) is 1.28. The Hall–Kier alpha value is -1.09. The first-order valence-electron chi connectivity index (χ1n) is 3.74. The summed E-state index contributed by atoms with van der Waals surface area (Å²) in [7, 11) is 0. The highest BCUT2D eigenvalue weighted by Crippen LogP contribution is 2.16. The lowest BCUT2D eigenvalue weighted by molar-refractivity contribution is 0.314. The van der Waals surface area contributed by atoms with E-state index >= 15 is 0 Å². The molecule has 0 amide bonds. The molecule has 1 aromatic carbocycles. The van der Waals surface area contributed by atoms with Crippen LogP contribution in [0.2, 0.25) is 0 Å². The standard InChI is InChI=1S/C10H8BrO2/c11-10-6-2-1-4-9(10)5-3-7-13-8-12/h1-6H,7H2. The van der Waals surface area contributed by atoms with Crippen molar-refractivity contribution >= 4 is 28.5 Å². The minimum atomic E-state index is 0.255. The molecule has 0 saturated heterocycles. The summed E-state index contributed by atoms with van der Waals surface area (Å²) in [4.78, 5) is 9.69. The lowest BCUT2D eigenvalue weighted by Crippen LogP contribution is -1.85. The zero-order valence-electron chi connectivity index (χ0n) is 6.87. The average molecular weight is 240 g/mol. The monoisotopic (exact) mass is 239 g/mol. The Labute approximate surface area is 85.3 Å². The van der Waals surface area contributed by atoms with Crippen LogP contribution in [0.1, 0.15) is 5.56 Å². The van der Waals surface area contributed by atoms with Gasteiger partial charge in [-0.25, -0.2) is 4.79 Å². The minimum absolute atomic E-state index is 0.255. The molecular weight excluding hydrogens is 232 g/mol. The highest BCUT2D eigenvalue weighted by Gasteiger charge is 1.91. The van der Waals surface area contributed by atoms with Crippen LogP contribution in [0.15, 0.2) is 34.8 Å². The molecule has 3 heteroatoms. The van der Waals surface area contributed by atoms with Crippen LogP contribution >= 0.6 is 15.9 Å². The lowest BCUT2D eigenvalue weighted by atomic mass is 10.2. The zero-order chi connectivity index (χ0) is 9.52. The molecule has 0 spiro atoms. The Kier molecular flexibility index (Phi) is 4.26. The van der Waals surface area contributed by atoms with Gasteiger partial charge in [-0.15, -0.1) is 0 Å². The second kappa shape index (κ2) is 5.54. The van der Waals surface area contributed by atoms with E-state index in [2.05, 4.69) is 20.7 Å². The molecule has 0 aliphatic rings. The van der Waals surface area contributed by atoms with E-state index in [4.69, 9.17) is 0 Å². The molecule has 1 radical (unpaired) electrons.